The maximum absolute atomic E-state index is 10.4. The molecule has 3 N–H and O–H groups in total. The summed E-state index contributed by atoms with van der Waals surface area (Å²) in [4.78, 5) is 13.4. The molecule has 0 radical (unpaired) electrons. The summed E-state index contributed by atoms with van der Waals surface area (Å²) < 4.78 is 0. The Balaban J connectivity index is 0.000000461. The van der Waals surface area contributed by atoms with Crippen molar-refractivity contribution in [1.82, 2.24) is 4.98 Å². The van der Waals surface area contributed by atoms with Crippen LogP contribution in [0.4, 0.5) is 0 Å². The molecule has 1 aliphatic carbocycles. The summed E-state index contributed by atoms with van der Waals surface area (Å²) in [7, 11) is 1.00. The van der Waals surface area contributed by atoms with Gasteiger partial charge in [0.15, 0.2) is 6.29 Å². The highest BCUT2D eigenvalue weighted by Crippen LogP contribution is 2.21. The molecule has 78 valence electrons. The predicted octanol–water partition coefficient (Wildman–Crippen LogP) is 0.285. The molecule has 1 unspecified atom stereocenters. The van der Waals surface area contributed by atoms with Gasteiger partial charge in [-0.2, -0.15) is 0 Å². The highest BCUT2D eigenvalue weighted by Gasteiger charge is 2.18. The first-order valence-corrected chi connectivity index (χ1v) is 4.58. The van der Waals surface area contributed by atoms with Crippen LogP contribution >= 0.6 is 0 Å². The standard InChI is InChI=1S/C9H11NO2.CH4O/c11-5-7-3-6-1-2-8(12)4-9(6)10-7;1-2/h3,5,8,10,12H,1-2,4H2;2H,1H3. The Bertz CT molecular complexity index is 306. The van der Waals surface area contributed by atoms with Crippen molar-refractivity contribution in [3.8, 4) is 0 Å². The maximum atomic E-state index is 10.4. The number of rotatable bonds is 1. The summed E-state index contributed by atoms with van der Waals surface area (Å²) in [6.45, 7) is 0. The van der Waals surface area contributed by atoms with Gasteiger partial charge in [-0.1, -0.05) is 0 Å². The number of aldehydes is 1. The smallest absolute Gasteiger partial charge is 0.166 e. The number of carbonyl (C=O) groups is 1. The Morgan fingerprint density at radius 1 is 1.57 bits per heavy atom. The number of aliphatic hydroxyl groups excluding tert-OH is 2. The second kappa shape index (κ2) is 4.93. The van der Waals surface area contributed by atoms with E-state index in [2.05, 4.69) is 4.98 Å². The van der Waals surface area contributed by atoms with Crippen LogP contribution in [0, 0.1) is 0 Å². The van der Waals surface area contributed by atoms with Crippen molar-refractivity contribution in [1.29, 1.82) is 0 Å². The lowest BCUT2D eigenvalue weighted by molar-refractivity contribution is 0.111. The van der Waals surface area contributed by atoms with Crippen LogP contribution in [-0.4, -0.2) is 34.7 Å². The van der Waals surface area contributed by atoms with Gasteiger partial charge in [0.1, 0.15) is 0 Å². The first kappa shape index (κ1) is 10.9. The molecule has 2 rings (SSSR count). The molecule has 1 aromatic heterocycles. The van der Waals surface area contributed by atoms with Gasteiger partial charge in [-0.25, -0.2) is 0 Å². The molecule has 0 aliphatic heterocycles. The highest BCUT2D eigenvalue weighted by molar-refractivity contribution is 5.72. The summed E-state index contributed by atoms with van der Waals surface area (Å²) in [5, 5.41) is 16.3. The lowest BCUT2D eigenvalue weighted by Crippen LogP contribution is -2.17. The average molecular weight is 197 g/mol. The minimum absolute atomic E-state index is 0.240. The minimum atomic E-state index is -0.240. The molecule has 0 saturated carbocycles. The maximum Gasteiger partial charge on any atom is 0.166 e. The molecule has 1 heterocycles. The van der Waals surface area contributed by atoms with Crippen molar-refractivity contribution in [2.24, 2.45) is 0 Å². The highest BCUT2D eigenvalue weighted by atomic mass is 16.3. The van der Waals surface area contributed by atoms with Crippen molar-refractivity contribution in [3.63, 3.8) is 0 Å². The van der Waals surface area contributed by atoms with E-state index in [1.54, 1.807) is 0 Å². The van der Waals surface area contributed by atoms with Crippen LogP contribution < -0.4 is 0 Å². The number of aromatic nitrogens is 1. The summed E-state index contributed by atoms with van der Waals surface area (Å²) in [6, 6.07) is 1.87. The topological polar surface area (TPSA) is 73.3 Å². The van der Waals surface area contributed by atoms with Gasteiger partial charge in [-0.15, -0.1) is 0 Å². The number of nitrogens with one attached hydrogen (secondary N) is 1. The minimum Gasteiger partial charge on any atom is -0.400 e. The summed E-state index contributed by atoms with van der Waals surface area (Å²) in [5.74, 6) is 0. The van der Waals surface area contributed by atoms with Crippen molar-refractivity contribution in [2.75, 3.05) is 7.11 Å². The fraction of sp³-hybridized carbons (Fsp3) is 0.500. The molecule has 0 fully saturated rings. The SMILES string of the molecule is CO.O=Cc1cc2c([nH]1)CC(O)CC2. The van der Waals surface area contributed by atoms with Gasteiger partial charge < -0.3 is 15.2 Å². The number of aryl methyl sites for hydroxylation is 1. The largest absolute Gasteiger partial charge is 0.400 e. The molecule has 0 aromatic carbocycles. The Morgan fingerprint density at radius 2 is 2.29 bits per heavy atom. The average Bonchev–Trinajstić information content (AvgIpc) is 2.62. The zero-order chi connectivity index (χ0) is 10.6. The third kappa shape index (κ3) is 2.21. The molecular weight excluding hydrogens is 182 g/mol. The molecule has 0 saturated heterocycles. The van der Waals surface area contributed by atoms with Gasteiger partial charge in [0.25, 0.3) is 0 Å². The normalized spacial score (nSPS) is 19.2. The van der Waals surface area contributed by atoms with Gasteiger partial charge in [-0.3, -0.25) is 4.79 Å². The number of fused-ring (bicyclic) bond motifs is 1. The number of hydrogen-bond donors (Lipinski definition) is 3. The molecule has 1 atom stereocenters. The van der Waals surface area contributed by atoms with Crippen LogP contribution in [0.15, 0.2) is 6.07 Å². The number of hydrogen-bond acceptors (Lipinski definition) is 3. The second-order valence-electron chi connectivity index (χ2n) is 3.24. The third-order valence-electron chi connectivity index (χ3n) is 2.33. The monoisotopic (exact) mass is 197 g/mol. The summed E-state index contributed by atoms with van der Waals surface area (Å²) in [6.07, 6.45) is 2.91. The Hall–Kier alpha value is -1.13. The number of aliphatic hydroxyl groups is 2. The molecular formula is C10H15NO3. The molecule has 1 aromatic rings. The number of carbonyl (C=O) groups excluding carboxylic acids is 1. The lowest BCUT2D eigenvalue weighted by Gasteiger charge is -2.16. The van der Waals surface area contributed by atoms with Crippen molar-refractivity contribution >= 4 is 6.29 Å². The number of aromatic amines is 1. The third-order valence-corrected chi connectivity index (χ3v) is 2.33. The molecule has 0 bridgehead atoms. The van der Waals surface area contributed by atoms with E-state index in [4.69, 9.17) is 5.11 Å². The van der Waals surface area contributed by atoms with Crippen molar-refractivity contribution < 1.29 is 15.0 Å². The van der Waals surface area contributed by atoms with Crippen LogP contribution in [0.25, 0.3) is 0 Å². The molecule has 4 nitrogen and oxygen atoms in total. The molecule has 4 heteroatoms. The van der Waals surface area contributed by atoms with E-state index in [9.17, 15) is 9.90 Å². The quantitative estimate of drug-likeness (QED) is 0.566. The lowest BCUT2D eigenvalue weighted by atomic mass is 9.96. The van der Waals surface area contributed by atoms with E-state index in [1.165, 1.54) is 5.56 Å². The molecule has 0 spiro atoms. The van der Waals surface area contributed by atoms with Gasteiger partial charge in [-0.05, 0) is 24.5 Å². The van der Waals surface area contributed by atoms with E-state index in [-0.39, 0.29) is 6.10 Å². The van der Waals surface area contributed by atoms with Gasteiger partial charge in [0.05, 0.1) is 11.8 Å². The Kier molecular flexibility index (Phi) is 3.85. The van der Waals surface area contributed by atoms with E-state index < -0.39 is 0 Å². The second-order valence-corrected chi connectivity index (χ2v) is 3.24. The van der Waals surface area contributed by atoms with E-state index in [1.807, 2.05) is 6.07 Å². The van der Waals surface area contributed by atoms with Crippen molar-refractivity contribution in [3.05, 3.63) is 23.0 Å². The summed E-state index contributed by atoms with van der Waals surface area (Å²) >= 11 is 0. The van der Waals surface area contributed by atoms with Crippen LogP contribution in [-0.2, 0) is 12.8 Å². The van der Waals surface area contributed by atoms with E-state index >= 15 is 0 Å². The van der Waals surface area contributed by atoms with E-state index in [0.717, 1.165) is 31.9 Å². The van der Waals surface area contributed by atoms with E-state index in [0.29, 0.717) is 12.1 Å². The fourth-order valence-corrected chi connectivity index (χ4v) is 1.69. The number of H-pyrrole nitrogens is 1. The zero-order valence-corrected chi connectivity index (χ0v) is 8.16. The zero-order valence-electron chi connectivity index (χ0n) is 8.16. The predicted molar refractivity (Wildman–Crippen MR) is 52.4 cm³/mol. The molecule has 14 heavy (non-hydrogen) atoms. The first-order valence-electron chi connectivity index (χ1n) is 4.58. The molecule has 0 amide bonds. The Morgan fingerprint density at radius 3 is 2.93 bits per heavy atom. The van der Waals surface area contributed by atoms with Crippen LogP contribution in [0.5, 0.6) is 0 Å². The van der Waals surface area contributed by atoms with Gasteiger partial charge in [0, 0.05) is 19.2 Å². The van der Waals surface area contributed by atoms with Crippen molar-refractivity contribution in [2.45, 2.75) is 25.4 Å². The Labute approximate surface area is 82.6 Å². The van der Waals surface area contributed by atoms with Crippen LogP contribution in [0.3, 0.4) is 0 Å². The summed E-state index contributed by atoms with van der Waals surface area (Å²) in [5.41, 5.74) is 2.83. The molecule has 1 aliphatic rings. The first-order chi connectivity index (χ1) is 6.79. The van der Waals surface area contributed by atoms with Gasteiger partial charge >= 0.3 is 0 Å². The van der Waals surface area contributed by atoms with Crippen LogP contribution in [0.2, 0.25) is 0 Å². The fourth-order valence-electron chi connectivity index (χ4n) is 1.69. The van der Waals surface area contributed by atoms with Crippen LogP contribution in [0.1, 0.15) is 28.2 Å². The van der Waals surface area contributed by atoms with Gasteiger partial charge in [0.2, 0.25) is 0 Å².